The smallest absolute Gasteiger partial charge is 0.250 e. The minimum atomic E-state index is -0.293. The Morgan fingerprint density at radius 3 is 2.28 bits per heavy atom. The van der Waals surface area contributed by atoms with Crippen molar-refractivity contribution in [2.24, 2.45) is 5.10 Å². The second-order valence-electron chi connectivity index (χ2n) is 6.56. The van der Waals surface area contributed by atoms with Crippen LogP contribution in [-0.4, -0.2) is 32.6 Å². The lowest BCUT2D eigenvalue weighted by molar-refractivity contribution is -0.118. The molecule has 160 valence electrons. The Kier molecular flexibility index (Phi) is 7.21. The number of amides is 1. The van der Waals surface area contributed by atoms with E-state index in [4.69, 9.17) is 23.2 Å². The number of para-hydroxylation sites is 1. The number of thioether (sulfide) groups is 1. The minimum absolute atomic E-state index is 0.105. The van der Waals surface area contributed by atoms with Gasteiger partial charge in [0.1, 0.15) is 0 Å². The summed E-state index contributed by atoms with van der Waals surface area (Å²) in [4.78, 5) is 12.3. The number of carbonyl (C=O) groups is 1. The van der Waals surface area contributed by atoms with Crippen molar-refractivity contribution in [1.82, 2.24) is 20.2 Å². The van der Waals surface area contributed by atoms with Crippen LogP contribution in [-0.2, 0) is 4.79 Å². The number of hydrogen-bond donors (Lipinski definition) is 1. The Hall–Kier alpha value is -3.13. The van der Waals surface area contributed by atoms with Gasteiger partial charge in [-0.3, -0.25) is 9.36 Å². The van der Waals surface area contributed by atoms with Gasteiger partial charge in [-0.05, 0) is 24.3 Å². The molecule has 0 unspecified atom stereocenters. The average molecular weight is 482 g/mol. The molecule has 0 spiro atoms. The van der Waals surface area contributed by atoms with Crippen molar-refractivity contribution >= 4 is 47.1 Å². The molecule has 4 aromatic rings. The molecule has 0 aliphatic rings. The fourth-order valence-electron chi connectivity index (χ4n) is 2.91. The van der Waals surface area contributed by atoms with Crippen LogP contribution in [0.2, 0.25) is 10.0 Å². The SMILES string of the molecule is O=C(CSc1nnc(-c2ccccc2)n1-c1ccccc1)N/N=C\c1c(Cl)cccc1Cl. The van der Waals surface area contributed by atoms with E-state index in [0.29, 0.717) is 26.6 Å². The highest BCUT2D eigenvalue weighted by molar-refractivity contribution is 7.99. The van der Waals surface area contributed by atoms with Crippen LogP contribution >= 0.6 is 35.0 Å². The molecule has 1 aromatic heterocycles. The maximum atomic E-state index is 12.3. The molecule has 9 heteroatoms. The number of benzene rings is 3. The second-order valence-corrected chi connectivity index (χ2v) is 8.32. The first-order valence-electron chi connectivity index (χ1n) is 9.58. The third kappa shape index (κ3) is 5.19. The van der Waals surface area contributed by atoms with Gasteiger partial charge >= 0.3 is 0 Å². The molecule has 0 radical (unpaired) electrons. The van der Waals surface area contributed by atoms with Crippen molar-refractivity contribution in [3.8, 4) is 17.1 Å². The van der Waals surface area contributed by atoms with E-state index >= 15 is 0 Å². The minimum Gasteiger partial charge on any atom is -0.272 e. The van der Waals surface area contributed by atoms with Crippen LogP contribution < -0.4 is 5.43 Å². The van der Waals surface area contributed by atoms with Crippen molar-refractivity contribution in [1.29, 1.82) is 0 Å². The summed E-state index contributed by atoms with van der Waals surface area (Å²) >= 11 is 13.5. The maximum absolute atomic E-state index is 12.3. The number of hydrogen-bond acceptors (Lipinski definition) is 5. The summed E-state index contributed by atoms with van der Waals surface area (Å²) in [5.41, 5.74) is 4.87. The molecule has 0 aliphatic carbocycles. The molecule has 0 atom stereocenters. The Bertz CT molecular complexity index is 1230. The van der Waals surface area contributed by atoms with Gasteiger partial charge in [0.05, 0.1) is 22.0 Å². The first-order chi connectivity index (χ1) is 15.6. The molecule has 0 saturated heterocycles. The highest BCUT2D eigenvalue weighted by Gasteiger charge is 2.17. The molecule has 32 heavy (non-hydrogen) atoms. The first kappa shape index (κ1) is 22.1. The van der Waals surface area contributed by atoms with Crippen LogP contribution in [0.25, 0.3) is 17.1 Å². The monoisotopic (exact) mass is 481 g/mol. The largest absolute Gasteiger partial charge is 0.272 e. The van der Waals surface area contributed by atoms with Crippen LogP contribution in [0.4, 0.5) is 0 Å². The maximum Gasteiger partial charge on any atom is 0.250 e. The zero-order chi connectivity index (χ0) is 22.3. The zero-order valence-electron chi connectivity index (χ0n) is 16.7. The molecule has 1 N–H and O–H groups in total. The third-order valence-electron chi connectivity index (χ3n) is 4.39. The number of rotatable bonds is 7. The molecule has 3 aromatic carbocycles. The van der Waals surface area contributed by atoms with E-state index in [2.05, 4.69) is 20.7 Å². The highest BCUT2D eigenvalue weighted by Crippen LogP contribution is 2.27. The lowest BCUT2D eigenvalue weighted by Crippen LogP contribution is -2.20. The second kappa shape index (κ2) is 10.5. The Labute approximate surface area is 199 Å². The zero-order valence-corrected chi connectivity index (χ0v) is 19.0. The number of hydrazone groups is 1. The molecule has 0 bridgehead atoms. The Morgan fingerprint density at radius 2 is 1.59 bits per heavy atom. The summed E-state index contributed by atoms with van der Waals surface area (Å²) in [7, 11) is 0. The standard InChI is InChI=1S/C23H17Cl2N5OS/c24-19-12-7-13-20(25)18(19)14-26-27-21(31)15-32-23-29-28-22(16-8-3-1-4-9-16)30(23)17-10-5-2-6-11-17/h1-14H,15H2,(H,27,31)/b26-14-. The molecule has 1 amide bonds. The van der Waals surface area contributed by atoms with Crippen LogP contribution in [0.5, 0.6) is 0 Å². The summed E-state index contributed by atoms with van der Waals surface area (Å²) in [6, 6.07) is 24.7. The van der Waals surface area contributed by atoms with Crippen LogP contribution in [0.15, 0.2) is 89.1 Å². The first-order valence-corrected chi connectivity index (χ1v) is 11.3. The molecule has 0 fully saturated rings. The van der Waals surface area contributed by atoms with E-state index in [1.807, 2.05) is 65.2 Å². The lowest BCUT2D eigenvalue weighted by atomic mass is 10.2. The molecule has 6 nitrogen and oxygen atoms in total. The van der Waals surface area contributed by atoms with Gasteiger partial charge < -0.3 is 0 Å². The quantitative estimate of drug-likeness (QED) is 0.215. The van der Waals surface area contributed by atoms with Crippen molar-refractivity contribution < 1.29 is 4.79 Å². The summed E-state index contributed by atoms with van der Waals surface area (Å²) in [6.07, 6.45) is 1.42. The number of nitrogens with zero attached hydrogens (tertiary/aromatic N) is 4. The van der Waals surface area contributed by atoms with Gasteiger partial charge in [0, 0.05) is 16.8 Å². The van der Waals surface area contributed by atoms with Crippen molar-refractivity contribution in [2.75, 3.05) is 5.75 Å². The predicted octanol–water partition coefficient (Wildman–Crippen LogP) is 5.48. The van der Waals surface area contributed by atoms with E-state index in [-0.39, 0.29) is 11.7 Å². The van der Waals surface area contributed by atoms with Crippen LogP contribution in [0.1, 0.15) is 5.56 Å². The predicted molar refractivity (Wildman–Crippen MR) is 130 cm³/mol. The van der Waals surface area contributed by atoms with Crippen LogP contribution in [0, 0.1) is 0 Å². The highest BCUT2D eigenvalue weighted by atomic mass is 35.5. The molecular weight excluding hydrogens is 465 g/mol. The average Bonchev–Trinajstić information content (AvgIpc) is 3.25. The normalized spacial score (nSPS) is 11.1. The summed E-state index contributed by atoms with van der Waals surface area (Å²) in [6.45, 7) is 0. The molecule has 1 heterocycles. The number of halogens is 2. The summed E-state index contributed by atoms with van der Waals surface area (Å²) < 4.78 is 1.93. The molecule has 4 rings (SSSR count). The topological polar surface area (TPSA) is 72.2 Å². The van der Waals surface area contributed by atoms with E-state index in [0.717, 1.165) is 11.3 Å². The van der Waals surface area contributed by atoms with Gasteiger partial charge in [0.2, 0.25) is 0 Å². The van der Waals surface area contributed by atoms with Crippen molar-refractivity contribution in [3.63, 3.8) is 0 Å². The van der Waals surface area contributed by atoms with Gasteiger partial charge in [-0.25, -0.2) is 5.43 Å². The Balaban J connectivity index is 1.49. The van der Waals surface area contributed by atoms with E-state index in [9.17, 15) is 4.79 Å². The van der Waals surface area contributed by atoms with Crippen LogP contribution in [0.3, 0.4) is 0 Å². The van der Waals surface area contributed by atoms with Crippen molar-refractivity contribution in [3.05, 3.63) is 94.5 Å². The van der Waals surface area contributed by atoms with Gasteiger partial charge in [0.25, 0.3) is 5.91 Å². The lowest BCUT2D eigenvalue weighted by Gasteiger charge is -2.10. The van der Waals surface area contributed by atoms with Gasteiger partial charge in [-0.2, -0.15) is 5.10 Å². The summed E-state index contributed by atoms with van der Waals surface area (Å²) in [5, 5.41) is 14.1. The fraction of sp³-hybridized carbons (Fsp3) is 0.0435. The fourth-order valence-corrected chi connectivity index (χ4v) is 4.15. The molecule has 0 aliphatic heterocycles. The van der Waals surface area contributed by atoms with Crippen molar-refractivity contribution in [2.45, 2.75) is 5.16 Å². The Morgan fingerprint density at radius 1 is 0.938 bits per heavy atom. The molecular formula is C23H17Cl2N5OS. The van der Waals surface area contributed by atoms with E-state index < -0.39 is 0 Å². The van der Waals surface area contributed by atoms with E-state index in [1.54, 1.807) is 18.2 Å². The molecule has 0 saturated carbocycles. The number of carbonyl (C=O) groups excluding carboxylic acids is 1. The van der Waals surface area contributed by atoms with E-state index in [1.165, 1.54) is 18.0 Å². The third-order valence-corrected chi connectivity index (χ3v) is 5.98. The van der Waals surface area contributed by atoms with Gasteiger partial charge in [-0.15, -0.1) is 10.2 Å². The van der Waals surface area contributed by atoms with Gasteiger partial charge in [-0.1, -0.05) is 89.6 Å². The number of aromatic nitrogens is 3. The summed E-state index contributed by atoms with van der Waals surface area (Å²) in [5.74, 6) is 0.511. The van der Waals surface area contributed by atoms with Gasteiger partial charge in [0.15, 0.2) is 11.0 Å². The number of nitrogens with one attached hydrogen (secondary N) is 1.